The van der Waals surface area contributed by atoms with Crippen LogP contribution in [-0.2, 0) is 6.54 Å². The molecule has 2 aromatic rings. The van der Waals surface area contributed by atoms with E-state index in [1.807, 2.05) is 30.3 Å². The van der Waals surface area contributed by atoms with Crippen LogP contribution in [0.2, 0.25) is 10.0 Å². The molecule has 2 rings (SSSR count). The molecule has 4 heteroatoms. The van der Waals surface area contributed by atoms with Gasteiger partial charge < -0.3 is 5.32 Å². The summed E-state index contributed by atoms with van der Waals surface area (Å²) in [7, 11) is 0. The van der Waals surface area contributed by atoms with E-state index in [2.05, 4.69) is 24.4 Å². The molecule has 0 saturated heterocycles. The number of halogens is 2. The van der Waals surface area contributed by atoms with Gasteiger partial charge in [-0.05, 0) is 42.4 Å². The standard InChI is InChI=1S/C15H15Cl2NS/c1-2-18-10-11-6-7-15(14(17)8-11)19-13-5-3-4-12(16)9-13/h3-9,18H,2,10H2,1H3. The molecule has 0 atom stereocenters. The lowest BCUT2D eigenvalue weighted by molar-refractivity contribution is 0.726. The van der Waals surface area contributed by atoms with Crippen molar-refractivity contribution in [3.63, 3.8) is 0 Å². The van der Waals surface area contributed by atoms with E-state index in [4.69, 9.17) is 23.2 Å². The first-order valence-corrected chi connectivity index (χ1v) is 7.69. The molecule has 0 radical (unpaired) electrons. The first kappa shape index (κ1) is 14.7. The normalized spacial score (nSPS) is 10.7. The number of hydrogen-bond donors (Lipinski definition) is 1. The highest BCUT2D eigenvalue weighted by molar-refractivity contribution is 7.99. The molecule has 0 fully saturated rings. The quantitative estimate of drug-likeness (QED) is 0.809. The predicted octanol–water partition coefficient (Wildman–Crippen LogP) is 5.25. The number of hydrogen-bond acceptors (Lipinski definition) is 2. The molecular formula is C15H15Cl2NS. The molecule has 0 unspecified atom stereocenters. The van der Waals surface area contributed by atoms with Gasteiger partial charge in [0, 0.05) is 21.4 Å². The second kappa shape index (κ2) is 7.20. The Morgan fingerprint density at radius 1 is 1.11 bits per heavy atom. The van der Waals surface area contributed by atoms with Gasteiger partial charge in [0.25, 0.3) is 0 Å². The van der Waals surface area contributed by atoms with E-state index in [0.717, 1.165) is 32.9 Å². The van der Waals surface area contributed by atoms with Crippen LogP contribution in [0.25, 0.3) is 0 Å². The lowest BCUT2D eigenvalue weighted by Crippen LogP contribution is -2.11. The van der Waals surface area contributed by atoms with Crippen LogP contribution in [0.5, 0.6) is 0 Å². The molecule has 0 amide bonds. The van der Waals surface area contributed by atoms with Gasteiger partial charge in [0.1, 0.15) is 0 Å². The van der Waals surface area contributed by atoms with E-state index >= 15 is 0 Å². The summed E-state index contributed by atoms with van der Waals surface area (Å²) in [5.74, 6) is 0. The van der Waals surface area contributed by atoms with Gasteiger partial charge in [-0.3, -0.25) is 0 Å². The Balaban J connectivity index is 2.13. The van der Waals surface area contributed by atoms with Gasteiger partial charge in [-0.2, -0.15) is 0 Å². The average molecular weight is 312 g/mol. The topological polar surface area (TPSA) is 12.0 Å². The molecule has 1 N–H and O–H groups in total. The Bertz CT molecular complexity index is 558. The van der Waals surface area contributed by atoms with Crippen LogP contribution < -0.4 is 5.32 Å². The van der Waals surface area contributed by atoms with Crippen molar-refractivity contribution >= 4 is 35.0 Å². The summed E-state index contributed by atoms with van der Waals surface area (Å²) in [6, 6.07) is 13.9. The van der Waals surface area contributed by atoms with Crippen molar-refractivity contribution in [3.8, 4) is 0 Å². The molecule has 0 heterocycles. The van der Waals surface area contributed by atoms with Crippen LogP contribution in [0.4, 0.5) is 0 Å². The monoisotopic (exact) mass is 311 g/mol. The highest BCUT2D eigenvalue weighted by Crippen LogP contribution is 2.34. The molecule has 0 bridgehead atoms. The summed E-state index contributed by atoms with van der Waals surface area (Å²) in [5.41, 5.74) is 1.20. The van der Waals surface area contributed by atoms with Crippen molar-refractivity contribution in [2.45, 2.75) is 23.3 Å². The summed E-state index contributed by atoms with van der Waals surface area (Å²) in [6.07, 6.45) is 0. The molecule has 0 spiro atoms. The zero-order valence-electron chi connectivity index (χ0n) is 10.6. The Hall–Kier alpha value is -0.670. The summed E-state index contributed by atoms with van der Waals surface area (Å²) in [4.78, 5) is 2.14. The van der Waals surface area contributed by atoms with Gasteiger partial charge in [0.15, 0.2) is 0 Å². The Morgan fingerprint density at radius 3 is 2.63 bits per heavy atom. The molecule has 100 valence electrons. The fourth-order valence-electron chi connectivity index (χ4n) is 1.66. The molecule has 2 aromatic carbocycles. The minimum atomic E-state index is 0.741. The molecule has 0 aliphatic rings. The number of nitrogens with one attached hydrogen (secondary N) is 1. The van der Waals surface area contributed by atoms with Crippen LogP contribution in [0.3, 0.4) is 0 Å². The summed E-state index contributed by atoms with van der Waals surface area (Å²) < 4.78 is 0. The smallest absolute Gasteiger partial charge is 0.0548 e. The molecule has 0 aliphatic carbocycles. The van der Waals surface area contributed by atoms with Gasteiger partial charge in [-0.1, -0.05) is 54.0 Å². The lowest BCUT2D eigenvalue weighted by atomic mass is 10.2. The maximum Gasteiger partial charge on any atom is 0.0548 e. The third-order valence-electron chi connectivity index (χ3n) is 2.60. The van der Waals surface area contributed by atoms with Gasteiger partial charge in [-0.15, -0.1) is 0 Å². The summed E-state index contributed by atoms with van der Waals surface area (Å²) in [6.45, 7) is 3.89. The van der Waals surface area contributed by atoms with Gasteiger partial charge in [-0.25, -0.2) is 0 Å². The van der Waals surface area contributed by atoms with Crippen LogP contribution in [0.1, 0.15) is 12.5 Å². The van der Waals surface area contributed by atoms with E-state index in [1.54, 1.807) is 11.8 Å². The van der Waals surface area contributed by atoms with Gasteiger partial charge in [0.2, 0.25) is 0 Å². The van der Waals surface area contributed by atoms with E-state index < -0.39 is 0 Å². The molecule has 0 saturated carbocycles. The Labute approximate surface area is 128 Å². The predicted molar refractivity (Wildman–Crippen MR) is 84.4 cm³/mol. The molecule has 0 aliphatic heterocycles. The maximum atomic E-state index is 6.32. The fraction of sp³-hybridized carbons (Fsp3) is 0.200. The molecule has 1 nitrogen and oxygen atoms in total. The van der Waals surface area contributed by atoms with Crippen molar-refractivity contribution < 1.29 is 0 Å². The average Bonchev–Trinajstić information content (AvgIpc) is 2.39. The van der Waals surface area contributed by atoms with Gasteiger partial charge >= 0.3 is 0 Å². The minimum absolute atomic E-state index is 0.741. The second-order valence-corrected chi connectivity index (χ2v) is 6.06. The minimum Gasteiger partial charge on any atom is -0.313 e. The van der Waals surface area contributed by atoms with Crippen LogP contribution in [-0.4, -0.2) is 6.54 Å². The summed E-state index contributed by atoms with van der Waals surface area (Å²) in [5, 5.41) is 4.80. The highest BCUT2D eigenvalue weighted by atomic mass is 35.5. The van der Waals surface area contributed by atoms with E-state index in [9.17, 15) is 0 Å². The van der Waals surface area contributed by atoms with Crippen LogP contribution in [0.15, 0.2) is 52.3 Å². The largest absolute Gasteiger partial charge is 0.313 e. The zero-order valence-corrected chi connectivity index (χ0v) is 12.9. The molecule has 19 heavy (non-hydrogen) atoms. The van der Waals surface area contributed by atoms with Crippen molar-refractivity contribution in [2.24, 2.45) is 0 Å². The van der Waals surface area contributed by atoms with E-state index in [0.29, 0.717) is 0 Å². The number of rotatable bonds is 5. The van der Waals surface area contributed by atoms with E-state index in [1.165, 1.54) is 5.56 Å². The fourth-order valence-corrected chi connectivity index (χ4v) is 3.12. The van der Waals surface area contributed by atoms with Crippen molar-refractivity contribution in [1.29, 1.82) is 0 Å². The Kier molecular flexibility index (Phi) is 5.59. The second-order valence-electron chi connectivity index (χ2n) is 4.10. The van der Waals surface area contributed by atoms with Crippen LogP contribution in [0, 0.1) is 0 Å². The van der Waals surface area contributed by atoms with Crippen molar-refractivity contribution in [1.82, 2.24) is 5.32 Å². The van der Waals surface area contributed by atoms with Crippen molar-refractivity contribution in [3.05, 3.63) is 58.1 Å². The summed E-state index contributed by atoms with van der Waals surface area (Å²) >= 11 is 13.9. The SMILES string of the molecule is CCNCc1ccc(Sc2cccc(Cl)c2)c(Cl)c1. The Morgan fingerprint density at radius 2 is 1.95 bits per heavy atom. The first-order valence-electron chi connectivity index (χ1n) is 6.11. The third-order valence-corrected chi connectivity index (χ3v) is 4.32. The third kappa shape index (κ3) is 4.43. The van der Waals surface area contributed by atoms with Gasteiger partial charge in [0.05, 0.1) is 5.02 Å². The highest BCUT2D eigenvalue weighted by Gasteiger charge is 2.04. The van der Waals surface area contributed by atoms with Crippen LogP contribution >= 0.6 is 35.0 Å². The van der Waals surface area contributed by atoms with Crippen molar-refractivity contribution in [2.75, 3.05) is 6.54 Å². The first-order chi connectivity index (χ1) is 9.19. The lowest BCUT2D eigenvalue weighted by Gasteiger charge is -2.07. The van der Waals surface area contributed by atoms with E-state index in [-0.39, 0.29) is 0 Å². The number of benzene rings is 2. The molecular weight excluding hydrogens is 297 g/mol. The maximum absolute atomic E-state index is 6.32. The zero-order chi connectivity index (χ0) is 13.7. The molecule has 0 aromatic heterocycles.